The molecule has 0 aliphatic rings. The zero-order valence-corrected chi connectivity index (χ0v) is 17.2. The number of hydrogen-bond donors (Lipinski definition) is 0. The summed E-state index contributed by atoms with van der Waals surface area (Å²) in [5, 5.41) is 0.110. The van der Waals surface area contributed by atoms with Crippen LogP contribution in [0.15, 0.2) is 78.0 Å². The molecule has 3 rings (SSSR count). The van der Waals surface area contributed by atoms with Gasteiger partial charge in [0.05, 0.1) is 17.7 Å². The van der Waals surface area contributed by atoms with Gasteiger partial charge in [0, 0.05) is 25.5 Å². The van der Waals surface area contributed by atoms with Gasteiger partial charge >= 0.3 is 5.97 Å². The molecule has 0 aliphatic carbocycles. The summed E-state index contributed by atoms with van der Waals surface area (Å²) >= 11 is 6.13. The van der Waals surface area contributed by atoms with E-state index in [0.29, 0.717) is 5.56 Å². The first-order chi connectivity index (χ1) is 13.9. The van der Waals surface area contributed by atoms with E-state index in [0.717, 1.165) is 11.1 Å². The standard InChI is InChI=1S/C21H19ClN2O4S/c1-28-21(25)18-9-7-17(8-10-18)15-24(14-16-5-3-2-4-6-16)29(26,27)20-13-23-12-11-19(20)22/h2-13H,14-15H2,1H3. The van der Waals surface area contributed by atoms with E-state index in [2.05, 4.69) is 4.98 Å². The highest BCUT2D eigenvalue weighted by molar-refractivity contribution is 7.89. The molecule has 0 atom stereocenters. The number of sulfonamides is 1. The van der Waals surface area contributed by atoms with Crippen molar-refractivity contribution in [1.82, 2.24) is 9.29 Å². The molecule has 8 heteroatoms. The number of ether oxygens (including phenoxy) is 1. The van der Waals surface area contributed by atoms with Gasteiger partial charge in [-0.2, -0.15) is 4.31 Å². The van der Waals surface area contributed by atoms with Crippen LogP contribution in [0, 0.1) is 0 Å². The van der Waals surface area contributed by atoms with Crippen molar-refractivity contribution in [1.29, 1.82) is 0 Å². The van der Waals surface area contributed by atoms with Crippen LogP contribution in [0.4, 0.5) is 0 Å². The van der Waals surface area contributed by atoms with Gasteiger partial charge in [-0.3, -0.25) is 4.98 Å². The molecule has 29 heavy (non-hydrogen) atoms. The Morgan fingerprint density at radius 1 is 1.00 bits per heavy atom. The van der Waals surface area contributed by atoms with E-state index in [9.17, 15) is 13.2 Å². The van der Waals surface area contributed by atoms with Gasteiger partial charge in [-0.15, -0.1) is 0 Å². The second-order valence-corrected chi connectivity index (χ2v) is 8.57. The largest absolute Gasteiger partial charge is 0.465 e. The number of rotatable bonds is 7. The Kier molecular flexibility index (Phi) is 6.64. The number of nitrogens with zero attached hydrogens (tertiary/aromatic N) is 2. The lowest BCUT2D eigenvalue weighted by atomic mass is 10.1. The third kappa shape index (κ3) is 5.00. The summed E-state index contributed by atoms with van der Waals surface area (Å²) < 4.78 is 32.6. The van der Waals surface area contributed by atoms with E-state index >= 15 is 0 Å². The van der Waals surface area contributed by atoms with E-state index in [1.807, 2.05) is 30.3 Å². The molecular formula is C21H19ClN2O4S. The topological polar surface area (TPSA) is 76.6 Å². The molecule has 0 unspecified atom stereocenters. The van der Waals surface area contributed by atoms with Crippen molar-refractivity contribution in [2.45, 2.75) is 18.0 Å². The minimum absolute atomic E-state index is 0.0521. The molecule has 0 saturated heterocycles. The third-order valence-electron chi connectivity index (χ3n) is 4.29. The molecule has 2 aromatic carbocycles. The average molecular weight is 431 g/mol. The molecule has 1 aromatic heterocycles. The molecule has 0 spiro atoms. The van der Waals surface area contributed by atoms with Crippen molar-refractivity contribution in [2.24, 2.45) is 0 Å². The fourth-order valence-electron chi connectivity index (χ4n) is 2.77. The smallest absolute Gasteiger partial charge is 0.337 e. The van der Waals surface area contributed by atoms with E-state index in [1.165, 1.54) is 29.9 Å². The molecule has 0 fully saturated rings. The highest BCUT2D eigenvalue weighted by Gasteiger charge is 2.27. The van der Waals surface area contributed by atoms with Crippen LogP contribution < -0.4 is 0 Å². The minimum atomic E-state index is -3.91. The van der Waals surface area contributed by atoms with Crippen molar-refractivity contribution < 1.29 is 17.9 Å². The number of benzene rings is 2. The van der Waals surface area contributed by atoms with Crippen molar-refractivity contribution in [2.75, 3.05) is 7.11 Å². The molecule has 0 N–H and O–H groups in total. The number of halogens is 1. The highest BCUT2D eigenvalue weighted by atomic mass is 35.5. The minimum Gasteiger partial charge on any atom is -0.465 e. The van der Waals surface area contributed by atoms with E-state index in [-0.39, 0.29) is 23.0 Å². The van der Waals surface area contributed by atoms with Crippen molar-refractivity contribution in [3.63, 3.8) is 0 Å². The molecule has 150 valence electrons. The second-order valence-electron chi connectivity index (χ2n) is 6.25. The fourth-order valence-corrected chi connectivity index (χ4v) is 4.59. The summed E-state index contributed by atoms with van der Waals surface area (Å²) in [6.07, 6.45) is 2.68. The first kappa shape index (κ1) is 21.0. The molecule has 3 aromatic rings. The summed E-state index contributed by atoms with van der Waals surface area (Å²) in [5.74, 6) is -0.451. The quantitative estimate of drug-likeness (QED) is 0.531. The van der Waals surface area contributed by atoms with Gasteiger partial charge in [0.2, 0.25) is 10.0 Å². The lowest BCUT2D eigenvalue weighted by Gasteiger charge is -2.23. The van der Waals surface area contributed by atoms with Gasteiger partial charge in [0.15, 0.2) is 0 Å². The van der Waals surface area contributed by atoms with Crippen LogP contribution >= 0.6 is 11.6 Å². The summed E-state index contributed by atoms with van der Waals surface area (Å²) in [6.45, 7) is 0.261. The van der Waals surface area contributed by atoms with Crippen molar-refractivity contribution in [3.05, 3.63) is 94.8 Å². The van der Waals surface area contributed by atoms with Crippen LogP contribution in [0.3, 0.4) is 0 Å². The Morgan fingerprint density at radius 3 is 2.21 bits per heavy atom. The predicted molar refractivity (Wildman–Crippen MR) is 110 cm³/mol. The number of carbonyl (C=O) groups is 1. The first-order valence-corrected chi connectivity index (χ1v) is 10.5. The third-order valence-corrected chi connectivity index (χ3v) is 6.55. The molecule has 0 amide bonds. The van der Waals surface area contributed by atoms with Gasteiger partial charge in [-0.05, 0) is 29.3 Å². The zero-order valence-electron chi connectivity index (χ0n) is 15.7. The van der Waals surface area contributed by atoms with Crippen LogP contribution in [-0.4, -0.2) is 30.8 Å². The Hall–Kier alpha value is -2.74. The first-order valence-electron chi connectivity index (χ1n) is 8.72. The number of aromatic nitrogens is 1. The van der Waals surface area contributed by atoms with Crippen molar-refractivity contribution in [3.8, 4) is 0 Å². The highest BCUT2D eigenvalue weighted by Crippen LogP contribution is 2.26. The summed E-state index contributed by atoms with van der Waals surface area (Å²) in [7, 11) is -2.60. The number of carbonyl (C=O) groups excluding carboxylic acids is 1. The van der Waals surface area contributed by atoms with E-state index < -0.39 is 16.0 Å². The fraction of sp³-hybridized carbons (Fsp3) is 0.143. The second kappa shape index (κ2) is 9.17. The maximum atomic E-state index is 13.3. The summed E-state index contributed by atoms with van der Waals surface area (Å²) in [4.78, 5) is 15.5. The molecule has 0 saturated carbocycles. The maximum Gasteiger partial charge on any atom is 0.337 e. The molecule has 0 aliphatic heterocycles. The molecule has 0 radical (unpaired) electrons. The number of esters is 1. The number of methoxy groups -OCH3 is 1. The Morgan fingerprint density at radius 2 is 1.62 bits per heavy atom. The van der Waals surface area contributed by atoms with Gasteiger partial charge in [0.25, 0.3) is 0 Å². The Balaban J connectivity index is 1.95. The molecule has 1 heterocycles. The monoisotopic (exact) mass is 430 g/mol. The molecule has 6 nitrogen and oxygen atoms in total. The zero-order chi connectivity index (χ0) is 20.9. The van der Waals surface area contributed by atoms with E-state index in [4.69, 9.17) is 16.3 Å². The van der Waals surface area contributed by atoms with Crippen molar-refractivity contribution >= 4 is 27.6 Å². The van der Waals surface area contributed by atoms with Crippen LogP contribution in [-0.2, 0) is 27.8 Å². The Labute approximate surface area is 174 Å². The van der Waals surface area contributed by atoms with Crippen LogP contribution in [0.5, 0.6) is 0 Å². The summed E-state index contributed by atoms with van der Waals surface area (Å²) in [5.41, 5.74) is 1.95. The van der Waals surface area contributed by atoms with Gasteiger partial charge in [-0.25, -0.2) is 13.2 Å². The van der Waals surface area contributed by atoms with Crippen LogP contribution in [0.2, 0.25) is 5.02 Å². The predicted octanol–water partition coefficient (Wildman–Crippen LogP) is 3.91. The van der Waals surface area contributed by atoms with Gasteiger partial charge in [-0.1, -0.05) is 54.1 Å². The van der Waals surface area contributed by atoms with Gasteiger partial charge in [0.1, 0.15) is 4.90 Å². The van der Waals surface area contributed by atoms with Crippen LogP contribution in [0.25, 0.3) is 0 Å². The normalized spacial score (nSPS) is 11.4. The summed E-state index contributed by atoms with van der Waals surface area (Å²) in [6, 6.07) is 17.3. The SMILES string of the molecule is COC(=O)c1ccc(CN(Cc2ccccc2)S(=O)(=O)c2cnccc2Cl)cc1. The van der Waals surface area contributed by atoms with Crippen LogP contribution in [0.1, 0.15) is 21.5 Å². The lowest BCUT2D eigenvalue weighted by Crippen LogP contribution is -2.30. The number of hydrogen-bond acceptors (Lipinski definition) is 5. The maximum absolute atomic E-state index is 13.3. The Bertz CT molecular complexity index is 1090. The lowest BCUT2D eigenvalue weighted by molar-refractivity contribution is 0.0600. The van der Waals surface area contributed by atoms with E-state index in [1.54, 1.807) is 24.3 Å². The van der Waals surface area contributed by atoms with Gasteiger partial charge < -0.3 is 4.74 Å². The molecule has 0 bridgehead atoms. The molecular weight excluding hydrogens is 412 g/mol. The average Bonchev–Trinajstić information content (AvgIpc) is 2.74. The number of pyridine rings is 1.